The predicted molar refractivity (Wildman–Crippen MR) is 61.2 cm³/mol. The van der Waals surface area contributed by atoms with Gasteiger partial charge in [0, 0.05) is 24.2 Å². The van der Waals surface area contributed by atoms with E-state index in [1.807, 2.05) is 0 Å². The van der Waals surface area contributed by atoms with Crippen LogP contribution >= 0.6 is 0 Å². The second-order valence-electron chi connectivity index (χ2n) is 3.25. The number of hydrogen-bond acceptors (Lipinski definition) is 5. The summed E-state index contributed by atoms with van der Waals surface area (Å²) in [5.41, 5.74) is 1.65. The molecule has 0 atom stereocenters. The molecule has 0 saturated carbocycles. The maximum Gasteiger partial charge on any atom is 0.340 e. The van der Waals surface area contributed by atoms with Crippen LogP contribution in [0.2, 0.25) is 0 Å². The van der Waals surface area contributed by atoms with Gasteiger partial charge in [0.05, 0.1) is 17.9 Å². The number of nitrogens with zero attached hydrogens (tertiary/aromatic N) is 3. The zero-order valence-electron chi connectivity index (χ0n) is 9.33. The number of hydrogen-bond donors (Lipinski definition) is 0. The summed E-state index contributed by atoms with van der Waals surface area (Å²) >= 11 is 0. The van der Waals surface area contributed by atoms with E-state index in [-0.39, 0.29) is 5.97 Å². The molecule has 0 N–H and O–H groups in total. The van der Waals surface area contributed by atoms with Crippen LogP contribution in [0.5, 0.6) is 0 Å². The molecule has 0 aliphatic carbocycles. The van der Waals surface area contributed by atoms with Crippen LogP contribution in [0, 0.1) is 0 Å². The highest BCUT2D eigenvalue weighted by Gasteiger charge is 2.14. The van der Waals surface area contributed by atoms with E-state index in [2.05, 4.69) is 15.0 Å². The number of carbonyl (C=O) groups is 1. The quantitative estimate of drug-likeness (QED) is 0.750. The standard InChI is InChI=1S/C12H11N3O2/c1-2-17-12(16)10-4-3-5-15-11(10)9-6-13-8-14-7-9/h3-8H,2H2,1H3. The van der Waals surface area contributed by atoms with Crippen molar-refractivity contribution >= 4 is 5.97 Å². The van der Waals surface area contributed by atoms with Crippen LogP contribution in [-0.2, 0) is 4.74 Å². The van der Waals surface area contributed by atoms with Gasteiger partial charge in [0.1, 0.15) is 6.33 Å². The summed E-state index contributed by atoms with van der Waals surface area (Å²) in [6.07, 6.45) is 6.26. The van der Waals surface area contributed by atoms with Crippen molar-refractivity contribution in [1.29, 1.82) is 0 Å². The molecule has 0 amide bonds. The van der Waals surface area contributed by atoms with Crippen LogP contribution in [0.15, 0.2) is 37.1 Å². The Morgan fingerprint density at radius 2 is 2.12 bits per heavy atom. The predicted octanol–water partition coefficient (Wildman–Crippen LogP) is 1.72. The average molecular weight is 229 g/mol. The van der Waals surface area contributed by atoms with Crippen molar-refractivity contribution < 1.29 is 9.53 Å². The number of rotatable bonds is 3. The lowest BCUT2D eigenvalue weighted by molar-refractivity contribution is 0.0527. The summed E-state index contributed by atoms with van der Waals surface area (Å²) in [5.74, 6) is -0.389. The number of carbonyl (C=O) groups excluding carboxylic acids is 1. The molecule has 0 bridgehead atoms. The zero-order chi connectivity index (χ0) is 12.1. The topological polar surface area (TPSA) is 65.0 Å². The Hall–Kier alpha value is -2.30. The molecule has 5 nitrogen and oxygen atoms in total. The van der Waals surface area contributed by atoms with E-state index in [1.165, 1.54) is 6.33 Å². The zero-order valence-corrected chi connectivity index (χ0v) is 9.33. The summed E-state index contributed by atoms with van der Waals surface area (Å²) in [7, 11) is 0. The minimum atomic E-state index is -0.389. The highest BCUT2D eigenvalue weighted by Crippen LogP contribution is 2.19. The summed E-state index contributed by atoms with van der Waals surface area (Å²) in [5, 5.41) is 0. The fourth-order valence-electron chi connectivity index (χ4n) is 1.43. The smallest absolute Gasteiger partial charge is 0.340 e. The van der Waals surface area contributed by atoms with Gasteiger partial charge in [-0.3, -0.25) is 4.98 Å². The normalized spacial score (nSPS) is 9.94. The minimum absolute atomic E-state index is 0.332. The van der Waals surface area contributed by atoms with E-state index in [0.29, 0.717) is 23.4 Å². The van der Waals surface area contributed by atoms with Crippen molar-refractivity contribution in [2.75, 3.05) is 6.61 Å². The molecule has 0 spiro atoms. The monoisotopic (exact) mass is 229 g/mol. The molecule has 0 radical (unpaired) electrons. The van der Waals surface area contributed by atoms with Gasteiger partial charge >= 0.3 is 5.97 Å². The fourth-order valence-corrected chi connectivity index (χ4v) is 1.43. The van der Waals surface area contributed by atoms with Gasteiger partial charge in [-0.2, -0.15) is 0 Å². The van der Waals surface area contributed by atoms with Crippen molar-refractivity contribution in [3.8, 4) is 11.3 Å². The third kappa shape index (κ3) is 2.44. The van der Waals surface area contributed by atoms with E-state index in [0.717, 1.165) is 0 Å². The molecule has 0 unspecified atom stereocenters. The van der Waals surface area contributed by atoms with E-state index >= 15 is 0 Å². The molecule has 0 aliphatic rings. The molecule has 2 aromatic heterocycles. The van der Waals surface area contributed by atoms with Gasteiger partial charge in [-0.15, -0.1) is 0 Å². The van der Waals surface area contributed by atoms with Crippen LogP contribution < -0.4 is 0 Å². The second kappa shape index (κ2) is 5.16. The molecule has 2 aromatic rings. The van der Waals surface area contributed by atoms with E-state index < -0.39 is 0 Å². The molecule has 0 fully saturated rings. The minimum Gasteiger partial charge on any atom is -0.462 e. The average Bonchev–Trinajstić information content (AvgIpc) is 2.40. The van der Waals surface area contributed by atoms with Crippen molar-refractivity contribution in [3.05, 3.63) is 42.6 Å². The Bertz CT molecular complexity index is 514. The first kappa shape index (κ1) is 11.2. The summed E-state index contributed by atoms with van der Waals surface area (Å²) in [6.45, 7) is 2.10. The number of ether oxygens (including phenoxy) is 1. The van der Waals surface area contributed by atoms with Gasteiger partial charge in [0.25, 0.3) is 0 Å². The first-order valence-electron chi connectivity index (χ1n) is 5.20. The highest BCUT2D eigenvalue weighted by atomic mass is 16.5. The third-order valence-electron chi connectivity index (χ3n) is 2.14. The Balaban J connectivity index is 2.45. The van der Waals surface area contributed by atoms with Gasteiger partial charge in [-0.1, -0.05) is 0 Å². The van der Waals surface area contributed by atoms with E-state index in [1.54, 1.807) is 37.6 Å². The number of pyridine rings is 1. The molecule has 0 aliphatic heterocycles. The molecule has 2 heterocycles. The molecule has 5 heteroatoms. The van der Waals surface area contributed by atoms with Crippen LogP contribution in [0.25, 0.3) is 11.3 Å². The molecule has 17 heavy (non-hydrogen) atoms. The molecular formula is C12H11N3O2. The molecule has 2 rings (SSSR count). The third-order valence-corrected chi connectivity index (χ3v) is 2.14. The van der Waals surface area contributed by atoms with E-state index in [9.17, 15) is 4.79 Å². The SMILES string of the molecule is CCOC(=O)c1cccnc1-c1cncnc1. The van der Waals surface area contributed by atoms with Crippen molar-refractivity contribution in [2.45, 2.75) is 6.92 Å². The fraction of sp³-hybridized carbons (Fsp3) is 0.167. The van der Waals surface area contributed by atoms with Crippen molar-refractivity contribution in [2.24, 2.45) is 0 Å². The molecule has 0 saturated heterocycles. The Labute approximate surface area is 98.5 Å². The van der Waals surface area contributed by atoms with E-state index in [4.69, 9.17) is 4.74 Å². The number of aromatic nitrogens is 3. The summed E-state index contributed by atoms with van der Waals surface area (Å²) < 4.78 is 4.97. The number of esters is 1. The summed E-state index contributed by atoms with van der Waals surface area (Å²) in [4.78, 5) is 23.7. The van der Waals surface area contributed by atoms with Gasteiger partial charge < -0.3 is 4.74 Å². The van der Waals surface area contributed by atoms with Crippen molar-refractivity contribution in [3.63, 3.8) is 0 Å². The van der Waals surface area contributed by atoms with Crippen LogP contribution in [0.4, 0.5) is 0 Å². The van der Waals surface area contributed by atoms with Crippen LogP contribution in [0.1, 0.15) is 17.3 Å². The molecule has 0 aromatic carbocycles. The molecule has 86 valence electrons. The van der Waals surface area contributed by atoms with Gasteiger partial charge in [-0.25, -0.2) is 14.8 Å². The maximum absolute atomic E-state index is 11.7. The maximum atomic E-state index is 11.7. The lowest BCUT2D eigenvalue weighted by Crippen LogP contribution is -2.07. The van der Waals surface area contributed by atoms with Crippen LogP contribution in [-0.4, -0.2) is 27.5 Å². The van der Waals surface area contributed by atoms with Crippen LogP contribution in [0.3, 0.4) is 0 Å². The Kier molecular flexibility index (Phi) is 3.40. The second-order valence-corrected chi connectivity index (χ2v) is 3.25. The lowest BCUT2D eigenvalue weighted by Gasteiger charge is -2.06. The lowest BCUT2D eigenvalue weighted by atomic mass is 10.1. The van der Waals surface area contributed by atoms with Gasteiger partial charge in [-0.05, 0) is 19.1 Å². The van der Waals surface area contributed by atoms with Gasteiger partial charge in [0.2, 0.25) is 0 Å². The first-order valence-corrected chi connectivity index (χ1v) is 5.20. The Morgan fingerprint density at radius 1 is 1.35 bits per heavy atom. The van der Waals surface area contributed by atoms with Crippen molar-refractivity contribution in [1.82, 2.24) is 15.0 Å². The molecular weight excluding hydrogens is 218 g/mol. The highest BCUT2D eigenvalue weighted by molar-refractivity contribution is 5.95. The summed E-state index contributed by atoms with van der Waals surface area (Å²) in [6, 6.07) is 3.37. The van der Waals surface area contributed by atoms with Gasteiger partial charge in [0.15, 0.2) is 0 Å². The first-order chi connectivity index (χ1) is 8.33. The largest absolute Gasteiger partial charge is 0.462 e. The Morgan fingerprint density at radius 3 is 2.82 bits per heavy atom.